The van der Waals surface area contributed by atoms with Gasteiger partial charge in [0.2, 0.25) is 0 Å². The van der Waals surface area contributed by atoms with Gasteiger partial charge in [0.05, 0.1) is 16.5 Å². The Morgan fingerprint density at radius 2 is 1.93 bits per heavy atom. The molecule has 1 aromatic carbocycles. The van der Waals surface area contributed by atoms with Gasteiger partial charge in [-0.05, 0) is 43.0 Å². The molecule has 0 atom stereocenters. The summed E-state index contributed by atoms with van der Waals surface area (Å²) < 4.78 is 11.4. The van der Waals surface area contributed by atoms with Crippen LogP contribution in [0, 0.1) is 6.92 Å². The number of furan rings is 1. The Morgan fingerprint density at radius 3 is 2.57 bits per heavy atom. The van der Waals surface area contributed by atoms with Crippen molar-refractivity contribution in [3.63, 3.8) is 0 Å². The summed E-state index contributed by atoms with van der Waals surface area (Å²) in [5, 5.41) is 0.569. The number of hydrogen-bond donors (Lipinski definition) is 0. The van der Waals surface area contributed by atoms with Crippen LogP contribution in [0.2, 0.25) is 0 Å². The molecule has 3 aromatic rings. The smallest absolute Gasteiger partial charge is 0.348 e. The van der Waals surface area contributed by atoms with Crippen molar-refractivity contribution in [2.24, 2.45) is 0 Å². The van der Waals surface area contributed by atoms with E-state index in [0.29, 0.717) is 38.2 Å². The summed E-state index contributed by atoms with van der Waals surface area (Å²) in [7, 11) is 0. The Labute approximate surface area is 176 Å². The van der Waals surface area contributed by atoms with Crippen LogP contribution >= 0.6 is 35.3 Å². The van der Waals surface area contributed by atoms with E-state index in [4.69, 9.17) is 9.15 Å². The fraction of sp³-hybridized carbons (Fsp3) is 0.250. The van der Waals surface area contributed by atoms with Gasteiger partial charge < -0.3 is 9.15 Å². The average Bonchev–Trinajstić information content (AvgIpc) is 3.42. The van der Waals surface area contributed by atoms with Gasteiger partial charge in [-0.2, -0.15) is 0 Å². The monoisotopic (exact) mass is 430 g/mol. The van der Waals surface area contributed by atoms with Crippen LogP contribution in [0.5, 0.6) is 5.75 Å². The second-order valence-electron chi connectivity index (χ2n) is 6.03. The van der Waals surface area contributed by atoms with Crippen LogP contribution in [0.1, 0.15) is 26.2 Å². The molecule has 0 saturated carbocycles. The molecule has 1 aliphatic heterocycles. The molecule has 2 aromatic heterocycles. The van der Waals surface area contributed by atoms with Crippen molar-refractivity contribution in [3.8, 4) is 17.3 Å². The fourth-order valence-electron chi connectivity index (χ4n) is 2.85. The summed E-state index contributed by atoms with van der Waals surface area (Å²) in [5.74, 6) is 3.44. The third kappa shape index (κ3) is 4.09. The number of hydrogen-bond acceptors (Lipinski definition) is 8. The Hall–Kier alpha value is -1.90. The van der Waals surface area contributed by atoms with Crippen LogP contribution in [-0.4, -0.2) is 33.7 Å². The molecule has 0 bridgehead atoms. The summed E-state index contributed by atoms with van der Waals surface area (Å²) in [4.78, 5) is 21.7. The van der Waals surface area contributed by atoms with Gasteiger partial charge in [0.1, 0.15) is 16.3 Å². The highest BCUT2D eigenvalue weighted by Crippen LogP contribution is 2.45. The van der Waals surface area contributed by atoms with Gasteiger partial charge in [0.15, 0.2) is 11.6 Å². The highest BCUT2D eigenvalue weighted by Gasteiger charge is 2.22. The molecule has 8 heteroatoms. The number of aromatic nitrogens is 2. The van der Waals surface area contributed by atoms with E-state index in [1.54, 1.807) is 25.3 Å². The third-order valence-corrected chi connectivity index (χ3v) is 7.97. The highest BCUT2D eigenvalue weighted by atomic mass is 32.2. The Kier molecular flexibility index (Phi) is 5.99. The van der Waals surface area contributed by atoms with Crippen molar-refractivity contribution in [3.05, 3.63) is 59.5 Å². The van der Waals surface area contributed by atoms with E-state index in [1.165, 1.54) is 28.8 Å². The first-order valence-corrected chi connectivity index (χ1v) is 12.0. The summed E-state index contributed by atoms with van der Waals surface area (Å²) >= 11 is 5.27. The van der Waals surface area contributed by atoms with Crippen molar-refractivity contribution in [2.45, 2.75) is 16.5 Å². The predicted molar refractivity (Wildman–Crippen MR) is 115 cm³/mol. The van der Waals surface area contributed by atoms with Gasteiger partial charge in [-0.15, -0.1) is 35.3 Å². The molecule has 1 saturated heterocycles. The van der Waals surface area contributed by atoms with Gasteiger partial charge in [-0.3, -0.25) is 0 Å². The number of aryl methyl sites for hydroxylation is 1. The number of carbonyl (C=O) groups excluding carboxylic acids is 1. The zero-order valence-corrected chi connectivity index (χ0v) is 17.8. The molecule has 0 spiro atoms. The normalized spacial score (nSPS) is 14.4. The first kappa shape index (κ1) is 19.4. The van der Waals surface area contributed by atoms with E-state index in [-0.39, 0.29) is 0 Å². The average molecular weight is 431 g/mol. The number of esters is 1. The number of rotatable bonds is 5. The summed E-state index contributed by atoms with van der Waals surface area (Å²) in [6.45, 7) is 1.78. The molecule has 3 heterocycles. The standard InChI is InChI=1S/C20H18N2O3S3/c1-12-16(18(26-2)22-17(21-12)15-4-3-9-24-15)19(23)25-14-7-5-13(6-8-14)20-27-10-11-28-20/h3-9,20H,10-11H2,1-2H3. The SMILES string of the molecule is CSc1nc(-c2ccco2)nc(C)c1C(=O)Oc1ccc(C2SCCS2)cc1. The number of nitrogens with zero attached hydrogens (tertiary/aromatic N) is 2. The van der Waals surface area contributed by atoms with Gasteiger partial charge >= 0.3 is 5.97 Å². The quantitative estimate of drug-likeness (QED) is 0.229. The first-order chi connectivity index (χ1) is 13.7. The molecule has 0 aliphatic carbocycles. The predicted octanol–water partition coefficient (Wildman–Crippen LogP) is 5.46. The molecule has 0 N–H and O–H groups in total. The molecule has 0 radical (unpaired) electrons. The Bertz CT molecular complexity index is 969. The first-order valence-electron chi connectivity index (χ1n) is 8.67. The summed E-state index contributed by atoms with van der Waals surface area (Å²) in [6, 6.07) is 11.3. The maximum absolute atomic E-state index is 12.8. The topological polar surface area (TPSA) is 65.2 Å². The third-order valence-electron chi connectivity index (χ3n) is 4.18. The molecule has 0 unspecified atom stereocenters. The lowest BCUT2D eigenvalue weighted by Gasteiger charge is -2.12. The number of benzene rings is 1. The maximum Gasteiger partial charge on any atom is 0.348 e. The van der Waals surface area contributed by atoms with Crippen molar-refractivity contribution in [1.29, 1.82) is 0 Å². The largest absolute Gasteiger partial charge is 0.461 e. The number of ether oxygens (including phenoxy) is 1. The second kappa shape index (κ2) is 8.63. The van der Waals surface area contributed by atoms with Crippen LogP contribution in [-0.2, 0) is 0 Å². The summed E-state index contributed by atoms with van der Waals surface area (Å²) in [6.07, 6.45) is 3.44. The molecule has 0 amide bonds. The minimum Gasteiger partial charge on any atom is -0.461 e. The van der Waals surface area contributed by atoms with Crippen molar-refractivity contribution in [1.82, 2.24) is 9.97 Å². The van der Waals surface area contributed by atoms with Crippen LogP contribution < -0.4 is 4.74 Å². The zero-order chi connectivity index (χ0) is 19.5. The minimum atomic E-state index is -0.454. The maximum atomic E-state index is 12.8. The van der Waals surface area contributed by atoms with Crippen LogP contribution in [0.4, 0.5) is 0 Å². The van der Waals surface area contributed by atoms with Crippen molar-refractivity contribution >= 4 is 41.3 Å². The van der Waals surface area contributed by atoms with E-state index in [1.807, 2.05) is 54.0 Å². The lowest BCUT2D eigenvalue weighted by Crippen LogP contribution is -2.14. The van der Waals surface area contributed by atoms with E-state index >= 15 is 0 Å². The molecule has 4 rings (SSSR count). The van der Waals surface area contributed by atoms with E-state index in [9.17, 15) is 4.79 Å². The van der Waals surface area contributed by atoms with Gasteiger partial charge in [0.25, 0.3) is 0 Å². The van der Waals surface area contributed by atoms with Gasteiger partial charge in [-0.1, -0.05) is 12.1 Å². The second-order valence-corrected chi connectivity index (χ2v) is 9.55. The minimum absolute atomic E-state index is 0.383. The van der Waals surface area contributed by atoms with Gasteiger partial charge in [-0.25, -0.2) is 14.8 Å². The molecule has 28 heavy (non-hydrogen) atoms. The molecule has 1 fully saturated rings. The lowest BCUT2D eigenvalue weighted by atomic mass is 10.2. The van der Waals surface area contributed by atoms with Crippen molar-refractivity contribution < 1.29 is 13.9 Å². The Balaban J connectivity index is 1.55. The number of thioether (sulfide) groups is 3. The lowest BCUT2D eigenvalue weighted by molar-refractivity contribution is 0.0729. The fourth-order valence-corrected chi connectivity index (χ4v) is 6.32. The van der Waals surface area contributed by atoms with Crippen LogP contribution in [0.15, 0.2) is 52.1 Å². The molecular weight excluding hydrogens is 412 g/mol. The van der Waals surface area contributed by atoms with Crippen LogP contribution in [0.25, 0.3) is 11.6 Å². The zero-order valence-electron chi connectivity index (χ0n) is 15.4. The van der Waals surface area contributed by atoms with E-state index in [2.05, 4.69) is 9.97 Å². The van der Waals surface area contributed by atoms with Crippen LogP contribution in [0.3, 0.4) is 0 Å². The Morgan fingerprint density at radius 1 is 1.18 bits per heavy atom. The van der Waals surface area contributed by atoms with E-state index < -0.39 is 5.97 Å². The molecular formula is C20H18N2O3S3. The molecule has 1 aliphatic rings. The highest BCUT2D eigenvalue weighted by molar-refractivity contribution is 8.19. The molecule has 144 valence electrons. The van der Waals surface area contributed by atoms with Crippen molar-refractivity contribution in [2.75, 3.05) is 17.8 Å². The van der Waals surface area contributed by atoms with Gasteiger partial charge in [0, 0.05) is 11.5 Å². The molecule has 5 nitrogen and oxygen atoms in total. The van der Waals surface area contributed by atoms with E-state index in [0.717, 1.165) is 0 Å². The summed E-state index contributed by atoms with van der Waals surface area (Å²) in [5.41, 5.74) is 2.19. The number of carbonyl (C=O) groups is 1.